The number of ether oxygens (including phenoxy) is 2. The van der Waals surface area contributed by atoms with Gasteiger partial charge in [-0.05, 0) is 47.5 Å². The van der Waals surface area contributed by atoms with Crippen molar-refractivity contribution in [3.8, 4) is 16.9 Å². The molecule has 3 aromatic rings. The fourth-order valence-electron chi connectivity index (χ4n) is 3.50. The van der Waals surface area contributed by atoms with E-state index in [1.807, 2.05) is 6.07 Å². The van der Waals surface area contributed by atoms with Crippen LogP contribution in [0.5, 0.6) is 5.75 Å². The molecule has 1 fully saturated rings. The van der Waals surface area contributed by atoms with Crippen molar-refractivity contribution in [1.82, 2.24) is 4.98 Å². The molecule has 2 heterocycles. The van der Waals surface area contributed by atoms with Crippen molar-refractivity contribution < 1.29 is 34.7 Å². The van der Waals surface area contributed by atoms with Gasteiger partial charge in [-0.2, -0.15) is 0 Å². The summed E-state index contributed by atoms with van der Waals surface area (Å²) in [6.45, 7) is -0.533. The lowest BCUT2D eigenvalue weighted by Gasteiger charge is -2.39. The van der Waals surface area contributed by atoms with E-state index in [9.17, 15) is 25.2 Å². The van der Waals surface area contributed by atoms with Crippen LogP contribution in [0.2, 0.25) is 0 Å². The number of nitrogens with zero attached hydrogens (tertiary/aromatic N) is 1. The molecule has 0 unspecified atom stereocenters. The number of rotatable bonds is 6. The highest BCUT2D eigenvalue weighted by Gasteiger charge is 2.44. The van der Waals surface area contributed by atoms with Crippen molar-refractivity contribution >= 4 is 11.6 Å². The number of anilines is 1. The molecule has 0 bridgehead atoms. The second-order valence-electron chi connectivity index (χ2n) is 7.61. The Morgan fingerprint density at radius 2 is 1.67 bits per heavy atom. The number of hydrogen-bond donors (Lipinski definition) is 5. The van der Waals surface area contributed by atoms with Crippen LogP contribution in [0.1, 0.15) is 10.4 Å². The molecular weight excluding hydrogens is 428 g/mol. The van der Waals surface area contributed by atoms with Gasteiger partial charge in [0.25, 0.3) is 5.91 Å². The first-order valence-electron chi connectivity index (χ1n) is 10.4. The van der Waals surface area contributed by atoms with E-state index in [1.165, 1.54) is 0 Å². The van der Waals surface area contributed by atoms with E-state index in [0.29, 0.717) is 17.0 Å². The third-order valence-electron chi connectivity index (χ3n) is 5.35. The van der Waals surface area contributed by atoms with E-state index in [-0.39, 0.29) is 5.91 Å². The number of aliphatic hydroxyl groups is 4. The van der Waals surface area contributed by atoms with E-state index in [2.05, 4.69) is 10.3 Å². The van der Waals surface area contributed by atoms with Crippen LogP contribution in [0, 0.1) is 0 Å². The van der Waals surface area contributed by atoms with Gasteiger partial charge in [0.05, 0.1) is 6.61 Å². The number of nitrogens with one attached hydrogen (secondary N) is 1. The second-order valence-corrected chi connectivity index (χ2v) is 7.61. The second kappa shape index (κ2) is 10.1. The highest BCUT2D eigenvalue weighted by atomic mass is 16.7. The van der Waals surface area contributed by atoms with Gasteiger partial charge in [0.1, 0.15) is 30.2 Å². The van der Waals surface area contributed by atoms with Crippen molar-refractivity contribution in [2.75, 3.05) is 11.9 Å². The number of benzene rings is 2. The number of amides is 1. The predicted octanol–water partition coefficient (Wildman–Crippen LogP) is 1.18. The molecule has 0 saturated carbocycles. The molecule has 1 aromatic heterocycles. The van der Waals surface area contributed by atoms with Gasteiger partial charge in [-0.3, -0.25) is 9.78 Å². The maximum Gasteiger partial charge on any atom is 0.255 e. The Kier molecular flexibility index (Phi) is 6.97. The molecule has 9 nitrogen and oxygen atoms in total. The number of aliphatic hydroxyl groups excluding tert-OH is 4. The summed E-state index contributed by atoms with van der Waals surface area (Å²) in [5.41, 5.74) is 2.78. The summed E-state index contributed by atoms with van der Waals surface area (Å²) in [7, 11) is 0. The molecule has 5 N–H and O–H groups in total. The van der Waals surface area contributed by atoms with Crippen molar-refractivity contribution in [2.24, 2.45) is 0 Å². The van der Waals surface area contributed by atoms with E-state index in [4.69, 9.17) is 9.47 Å². The third kappa shape index (κ3) is 5.19. The number of aromatic nitrogens is 1. The highest BCUT2D eigenvalue weighted by Crippen LogP contribution is 2.27. The molecule has 9 heteroatoms. The highest BCUT2D eigenvalue weighted by molar-refractivity contribution is 6.04. The van der Waals surface area contributed by atoms with Crippen LogP contribution in [0.25, 0.3) is 11.1 Å². The lowest BCUT2D eigenvalue weighted by Crippen LogP contribution is -2.60. The van der Waals surface area contributed by atoms with Crippen molar-refractivity contribution in [3.63, 3.8) is 0 Å². The molecule has 0 radical (unpaired) electrons. The SMILES string of the molecule is O=C(Nc1ccncc1)c1cccc(-c2ccc(O[C@H]3O[C@H](CO)[C@@H](O)[C@H](O)[C@@H]3O)cc2)c1. The first-order valence-corrected chi connectivity index (χ1v) is 10.4. The van der Waals surface area contributed by atoms with Crippen molar-refractivity contribution in [2.45, 2.75) is 30.7 Å². The van der Waals surface area contributed by atoms with Crippen LogP contribution in [0.4, 0.5) is 5.69 Å². The van der Waals surface area contributed by atoms with Crippen LogP contribution in [0.15, 0.2) is 73.1 Å². The van der Waals surface area contributed by atoms with Gasteiger partial charge in [-0.25, -0.2) is 0 Å². The van der Waals surface area contributed by atoms with E-state index >= 15 is 0 Å². The molecule has 0 aliphatic carbocycles. The predicted molar refractivity (Wildman–Crippen MR) is 118 cm³/mol. The average Bonchev–Trinajstić information content (AvgIpc) is 2.85. The number of pyridine rings is 1. The van der Waals surface area contributed by atoms with Crippen molar-refractivity contribution in [3.05, 3.63) is 78.6 Å². The number of hydrogen-bond acceptors (Lipinski definition) is 8. The maximum absolute atomic E-state index is 12.6. The molecule has 172 valence electrons. The summed E-state index contributed by atoms with van der Waals surface area (Å²) in [6, 6.07) is 17.4. The molecule has 2 aromatic carbocycles. The van der Waals surface area contributed by atoms with Crippen LogP contribution < -0.4 is 10.1 Å². The van der Waals surface area contributed by atoms with Crippen LogP contribution in [-0.4, -0.2) is 68.6 Å². The lowest BCUT2D eigenvalue weighted by molar-refractivity contribution is -0.277. The minimum absolute atomic E-state index is 0.245. The minimum Gasteiger partial charge on any atom is -0.462 e. The molecule has 1 aliphatic rings. The normalized spacial score (nSPS) is 24.8. The minimum atomic E-state index is -1.51. The zero-order valence-corrected chi connectivity index (χ0v) is 17.5. The monoisotopic (exact) mass is 452 g/mol. The fourth-order valence-corrected chi connectivity index (χ4v) is 3.50. The summed E-state index contributed by atoms with van der Waals surface area (Å²) >= 11 is 0. The molecule has 1 amide bonds. The Bertz CT molecular complexity index is 1080. The van der Waals surface area contributed by atoms with E-state index in [0.717, 1.165) is 11.1 Å². The van der Waals surface area contributed by atoms with Gasteiger partial charge >= 0.3 is 0 Å². The van der Waals surface area contributed by atoms with Crippen LogP contribution in [-0.2, 0) is 4.74 Å². The molecular formula is C24H24N2O7. The van der Waals surface area contributed by atoms with Crippen LogP contribution >= 0.6 is 0 Å². The lowest BCUT2D eigenvalue weighted by atomic mass is 9.99. The Balaban J connectivity index is 1.45. The van der Waals surface area contributed by atoms with Gasteiger partial charge in [0.2, 0.25) is 6.29 Å². The molecule has 0 spiro atoms. The summed E-state index contributed by atoms with van der Waals surface area (Å²) in [5, 5.41) is 42.0. The zero-order valence-electron chi connectivity index (χ0n) is 17.5. The molecule has 4 rings (SSSR count). The molecule has 33 heavy (non-hydrogen) atoms. The Hall–Kier alpha value is -3.34. The van der Waals surface area contributed by atoms with Crippen molar-refractivity contribution in [1.29, 1.82) is 0 Å². The first kappa shape index (κ1) is 22.8. The van der Waals surface area contributed by atoms with Gasteiger partial charge in [-0.1, -0.05) is 24.3 Å². The van der Waals surface area contributed by atoms with E-state index < -0.39 is 37.3 Å². The summed E-state index contributed by atoms with van der Waals surface area (Å²) in [5.74, 6) is 0.111. The van der Waals surface area contributed by atoms with Gasteiger partial charge in [0.15, 0.2) is 0 Å². The Morgan fingerprint density at radius 1 is 0.939 bits per heavy atom. The standard InChI is InChI=1S/C24H24N2O7/c27-13-19-20(28)21(29)22(30)24(33-19)32-18-6-4-14(5-7-18)15-2-1-3-16(12-15)23(31)26-17-8-10-25-11-9-17/h1-12,19-22,24,27-30H,13H2,(H,25,26,31)/t19-,20-,21+,22+,24+/m1/s1. The number of carbonyl (C=O) groups excluding carboxylic acids is 1. The smallest absolute Gasteiger partial charge is 0.255 e. The summed E-state index contributed by atoms with van der Waals surface area (Å²) < 4.78 is 11.0. The van der Waals surface area contributed by atoms with E-state index in [1.54, 1.807) is 67.0 Å². The van der Waals surface area contributed by atoms with Crippen LogP contribution in [0.3, 0.4) is 0 Å². The van der Waals surface area contributed by atoms with Gasteiger partial charge in [0, 0.05) is 23.6 Å². The fraction of sp³-hybridized carbons (Fsp3) is 0.250. The zero-order chi connectivity index (χ0) is 23.4. The molecule has 1 saturated heterocycles. The molecule has 1 aliphatic heterocycles. The largest absolute Gasteiger partial charge is 0.462 e. The summed E-state index contributed by atoms with van der Waals surface area (Å²) in [4.78, 5) is 16.5. The third-order valence-corrected chi connectivity index (χ3v) is 5.35. The maximum atomic E-state index is 12.6. The molecule has 5 atom stereocenters. The summed E-state index contributed by atoms with van der Waals surface area (Å²) in [6.07, 6.45) is -3.56. The van der Waals surface area contributed by atoms with Gasteiger partial charge in [-0.15, -0.1) is 0 Å². The Labute approximate surface area is 189 Å². The average molecular weight is 452 g/mol. The quantitative estimate of drug-likeness (QED) is 0.375. The van der Waals surface area contributed by atoms with Gasteiger partial charge < -0.3 is 35.2 Å². The first-order chi connectivity index (χ1) is 16.0. The number of carbonyl (C=O) groups is 1. The Morgan fingerprint density at radius 3 is 2.36 bits per heavy atom. The topological polar surface area (TPSA) is 141 Å².